The number of thioether (sulfide) groups is 1. The minimum absolute atomic E-state index is 0.357. The average Bonchev–Trinajstić information content (AvgIpc) is 3.03. The van der Waals surface area contributed by atoms with Crippen LogP contribution in [0.25, 0.3) is 0 Å². The van der Waals surface area contributed by atoms with Gasteiger partial charge in [-0.3, -0.25) is 0 Å². The molecule has 0 atom stereocenters. The SMILES string of the molecule is CCn1c(COc2ccc(Br)cc2)nnc1SCc1c(Cl)cccc1Cl. The third-order valence-corrected chi connectivity index (χ3v) is 5.93. The Balaban J connectivity index is 1.68. The van der Waals surface area contributed by atoms with E-state index in [4.69, 9.17) is 27.9 Å². The van der Waals surface area contributed by atoms with Gasteiger partial charge in [-0.05, 0) is 48.9 Å². The van der Waals surface area contributed by atoms with Gasteiger partial charge >= 0.3 is 0 Å². The quantitative estimate of drug-likeness (QED) is 0.381. The molecule has 3 rings (SSSR count). The average molecular weight is 473 g/mol. The summed E-state index contributed by atoms with van der Waals surface area (Å²) in [5.41, 5.74) is 0.902. The van der Waals surface area contributed by atoms with Crippen molar-refractivity contribution in [3.05, 3.63) is 68.4 Å². The molecule has 0 aliphatic rings. The summed E-state index contributed by atoms with van der Waals surface area (Å²) in [6.07, 6.45) is 0. The van der Waals surface area contributed by atoms with Crippen molar-refractivity contribution in [2.75, 3.05) is 0 Å². The molecule has 0 aliphatic carbocycles. The molecule has 0 amide bonds. The van der Waals surface area contributed by atoms with Gasteiger partial charge in [0.1, 0.15) is 12.4 Å². The Bertz CT molecular complexity index is 866. The van der Waals surface area contributed by atoms with E-state index in [0.29, 0.717) is 22.4 Å². The molecule has 4 nitrogen and oxygen atoms in total. The van der Waals surface area contributed by atoms with E-state index in [-0.39, 0.29) is 0 Å². The van der Waals surface area contributed by atoms with E-state index in [2.05, 4.69) is 33.1 Å². The molecule has 0 saturated carbocycles. The molecule has 1 heterocycles. The Morgan fingerprint density at radius 1 is 1.08 bits per heavy atom. The van der Waals surface area contributed by atoms with Crippen LogP contribution in [0.3, 0.4) is 0 Å². The third-order valence-electron chi connectivity index (χ3n) is 3.70. The second-order valence-corrected chi connectivity index (χ2v) is 8.05. The Morgan fingerprint density at radius 3 is 2.42 bits per heavy atom. The maximum atomic E-state index is 6.24. The second-order valence-electron chi connectivity index (χ2n) is 5.37. The highest BCUT2D eigenvalue weighted by atomic mass is 79.9. The zero-order valence-corrected chi connectivity index (χ0v) is 17.9. The maximum absolute atomic E-state index is 6.24. The van der Waals surface area contributed by atoms with Gasteiger partial charge in [0.25, 0.3) is 0 Å². The molecule has 0 aliphatic heterocycles. The summed E-state index contributed by atoms with van der Waals surface area (Å²) in [5, 5.41) is 10.7. The summed E-state index contributed by atoms with van der Waals surface area (Å²) in [6.45, 7) is 3.17. The Kier molecular flexibility index (Phi) is 6.86. The Morgan fingerprint density at radius 2 is 1.77 bits per heavy atom. The van der Waals surface area contributed by atoms with Gasteiger partial charge in [0.05, 0.1) is 0 Å². The van der Waals surface area contributed by atoms with Gasteiger partial charge in [-0.1, -0.05) is 57.0 Å². The summed E-state index contributed by atoms with van der Waals surface area (Å²) in [5.74, 6) is 2.20. The first-order valence-corrected chi connectivity index (χ1v) is 10.5. The highest BCUT2D eigenvalue weighted by Crippen LogP contribution is 2.31. The lowest BCUT2D eigenvalue weighted by atomic mass is 10.2. The molecule has 136 valence electrons. The molecular weight excluding hydrogens is 457 g/mol. The van der Waals surface area contributed by atoms with Gasteiger partial charge in [-0.25, -0.2) is 0 Å². The van der Waals surface area contributed by atoms with E-state index in [9.17, 15) is 0 Å². The first-order chi connectivity index (χ1) is 12.6. The largest absolute Gasteiger partial charge is 0.486 e. The minimum Gasteiger partial charge on any atom is -0.486 e. The number of aromatic nitrogens is 3. The van der Waals surface area contributed by atoms with E-state index in [0.717, 1.165) is 33.3 Å². The Labute approximate surface area is 175 Å². The number of nitrogens with zero attached hydrogens (tertiary/aromatic N) is 3. The lowest BCUT2D eigenvalue weighted by Gasteiger charge is -2.10. The van der Waals surface area contributed by atoms with Crippen LogP contribution in [0.15, 0.2) is 52.1 Å². The van der Waals surface area contributed by atoms with Crippen molar-refractivity contribution in [1.29, 1.82) is 0 Å². The van der Waals surface area contributed by atoms with Crippen molar-refractivity contribution in [1.82, 2.24) is 14.8 Å². The second kappa shape index (κ2) is 9.13. The first-order valence-electron chi connectivity index (χ1n) is 7.94. The monoisotopic (exact) mass is 471 g/mol. The number of hydrogen-bond acceptors (Lipinski definition) is 4. The maximum Gasteiger partial charge on any atom is 0.191 e. The van der Waals surface area contributed by atoms with Crippen molar-refractivity contribution in [2.45, 2.75) is 31.0 Å². The van der Waals surface area contributed by atoms with E-state index in [1.165, 1.54) is 0 Å². The van der Waals surface area contributed by atoms with Gasteiger partial charge in [0.2, 0.25) is 0 Å². The fourth-order valence-corrected chi connectivity index (χ4v) is 4.36. The molecule has 0 saturated heterocycles. The fraction of sp³-hybridized carbons (Fsp3) is 0.222. The van der Waals surface area contributed by atoms with Crippen LogP contribution in [-0.2, 0) is 18.9 Å². The summed E-state index contributed by atoms with van der Waals surface area (Å²) < 4.78 is 8.86. The fourth-order valence-electron chi connectivity index (χ4n) is 2.34. The van der Waals surface area contributed by atoms with Crippen molar-refractivity contribution in [3.63, 3.8) is 0 Å². The van der Waals surface area contributed by atoms with Crippen LogP contribution in [0, 0.1) is 0 Å². The predicted octanol–water partition coefficient (Wildman–Crippen LogP) is 6.24. The van der Waals surface area contributed by atoms with Gasteiger partial charge in [0.15, 0.2) is 11.0 Å². The van der Waals surface area contributed by atoms with Crippen LogP contribution in [0.2, 0.25) is 10.0 Å². The minimum atomic E-state index is 0.357. The van der Waals surface area contributed by atoms with E-state index in [1.54, 1.807) is 11.8 Å². The summed E-state index contributed by atoms with van der Waals surface area (Å²) in [4.78, 5) is 0. The number of halogens is 3. The van der Waals surface area contributed by atoms with Crippen LogP contribution < -0.4 is 4.74 Å². The van der Waals surface area contributed by atoms with E-state index in [1.807, 2.05) is 47.0 Å². The number of benzene rings is 2. The molecule has 0 spiro atoms. The topological polar surface area (TPSA) is 39.9 Å². The molecule has 0 bridgehead atoms. The van der Waals surface area contributed by atoms with Crippen molar-refractivity contribution < 1.29 is 4.74 Å². The van der Waals surface area contributed by atoms with E-state index < -0.39 is 0 Å². The first kappa shape index (κ1) is 19.5. The molecule has 8 heteroatoms. The molecule has 26 heavy (non-hydrogen) atoms. The third kappa shape index (κ3) is 4.74. The highest BCUT2D eigenvalue weighted by Gasteiger charge is 2.14. The lowest BCUT2D eigenvalue weighted by Crippen LogP contribution is -2.07. The predicted molar refractivity (Wildman–Crippen MR) is 110 cm³/mol. The van der Waals surface area contributed by atoms with Crippen molar-refractivity contribution in [3.8, 4) is 5.75 Å². The van der Waals surface area contributed by atoms with Crippen LogP contribution in [0.4, 0.5) is 0 Å². The standard InChI is InChI=1S/C18H16BrCl2N3OS/c1-2-24-17(10-25-13-8-6-12(19)7-9-13)22-23-18(24)26-11-14-15(20)4-3-5-16(14)21/h3-9H,2,10-11H2,1H3. The molecule has 1 aromatic heterocycles. The zero-order valence-electron chi connectivity index (χ0n) is 14.0. The zero-order chi connectivity index (χ0) is 18.5. The number of hydrogen-bond donors (Lipinski definition) is 0. The van der Waals surface area contributed by atoms with Crippen LogP contribution in [0.5, 0.6) is 5.75 Å². The van der Waals surface area contributed by atoms with Gasteiger partial charge in [0, 0.05) is 26.8 Å². The van der Waals surface area contributed by atoms with Crippen LogP contribution in [0.1, 0.15) is 18.3 Å². The van der Waals surface area contributed by atoms with Crippen molar-refractivity contribution in [2.24, 2.45) is 0 Å². The molecule has 2 aromatic carbocycles. The van der Waals surface area contributed by atoms with Gasteiger partial charge < -0.3 is 9.30 Å². The lowest BCUT2D eigenvalue weighted by molar-refractivity contribution is 0.288. The normalized spacial score (nSPS) is 10.9. The van der Waals surface area contributed by atoms with Crippen LogP contribution >= 0.6 is 50.9 Å². The smallest absolute Gasteiger partial charge is 0.191 e. The van der Waals surface area contributed by atoms with Crippen molar-refractivity contribution >= 4 is 50.9 Å². The number of rotatable bonds is 7. The molecule has 3 aromatic rings. The molecular formula is C18H16BrCl2N3OS. The van der Waals surface area contributed by atoms with Gasteiger partial charge in [-0.15, -0.1) is 10.2 Å². The molecule has 0 fully saturated rings. The Hall–Kier alpha value is -1.21. The highest BCUT2D eigenvalue weighted by molar-refractivity contribution is 9.10. The molecule has 0 radical (unpaired) electrons. The van der Waals surface area contributed by atoms with Crippen LogP contribution in [-0.4, -0.2) is 14.8 Å². The summed E-state index contributed by atoms with van der Waals surface area (Å²) in [6, 6.07) is 13.2. The van der Waals surface area contributed by atoms with Gasteiger partial charge in [-0.2, -0.15) is 0 Å². The molecule has 0 N–H and O–H groups in total. The number of ether oxygens (including phenoxy) is 1. The summed E-state index contributed by atoms with van der Waals surface area (Å²) in [7, 11) is 0. The van der Waals surface area contributed by atoms with E-state index >= 15 is 0 Å². The molecule has 0 unspecified atom stereocenters. The summed E-state index contributed by atoms with van der Waals surface area (Å²) >= 11 is 17.4.